The van der Waals surface area contributed by atoms with E-state index in [1.54, 1.807) is 0 Å². The fourth-order valence-corrected chi connectivity index (χ4v) is 0.662. The summed E-state index contributed by atoms with van der Waals surface area (Å²) >= 11 is 0. The molecule has 3 N–H and O–H groups in total. The van der Waals surface area contributed by atoms with E-state index in [1.807, 2.05) is 0 Å². The third-order valence-corrected chi connectivity index (χ3v) is 1.45. The summed E-state index contributed by atoms with van der Waals surface area (Å²) in [6, 6.07) is -0.772. The van der Waals surface area contributed by atoms with E-state index in [-0.39, 0.29) is 18.8 Å². The molecule has 0 amide bonds. The standard InChI is InChI=1S/C6H12F3NO.ClH/c1-4(6(7,8)9)2-5(10)3-11;/h4-5,11H,2-3,10H2,1H3;1H/t4-,5-;/m0./s1. The maximum absolute atomic E-state index is 11.8. The van der Waals surface area contributed by atoms with E-state index in [1.165, 1.54) is 0 Å². The van der Waals surface area contributed by atoms with Crippen LogP contribution in [0, 0.1) is 5.92 Å². The van der Waals surface area contributed by atoms with Gasteiger partial charge in [-0.25, -0.2) is 0 Å². The van der Waals surface area contributed by atoms with Gasteiger partial charge in [-0.1, -0.05) is 6.92 Å². The Balaban J connectivity index is 0. The van der Waals surface area contributed by atoms with Gasteiger partial charge in [0, 0.05) is 6.04 Å². The molecule has 0 saturated heterocycles. The number of hydrogen-bond donors (Lipinski definition) is 2. The molecule has 0 aliphatic heterocycles. The monoisotopic (exact) mass is 207 g/mol. The largest absolute Gasteiger partial charge is 0.395 e. The number of aliphatic hydroxyl groups is 1. The van der Waals surface area contributed by atoms with Crippen LogP contribution in [0.3, 0.4) is 0 Å². The van der Waals surface area contributed by atoms with Gasteiger partial charge in [-0.05, 0) is 6.42 Å². The summed E-state index contributed by atoms with van der Waals surface area (Å²) < 4.78 is 35.4. The van der Waals surface area contributed by atoms with Crippen molar-refractivity contribution < 1.29 is 18.3 Å². The summed E-state index contributed by atoms with van der Waals surface area (Å²) in [6.07, 6.45) is -4.42. The molecule has 0 saturated carbocycles. The van der Waals surface area contributed by atoms with Crippen LogP contribution >= 0.6 is 12.4 Å². The van der Waals surface area contributed by atoms with E-state index in [9.17, 15) is 13.2 Å². The highest BCUT2D eigenvalue weighted by molar-refractivity contribution is 5.85. The number of nitrogens with two attached hydrogens (primary N) is 1. The second kappa shape index (κ2) is 5.61. The minimum absolute atomic E-state index is 0. The molecular weight excluding hydrogens is 195 g/mol. The molecule has 76 valence electrons. The van der Waals surface area contributed by atoms with E-state index >= 15 is 0 Å². The molecule has 2 atom stereocenters. The molecule has 0 bridgehead atoms. The minimum atomic E-state index is -4.20. The first-order chi connectivity index (χ1) is 4.88. The van der Waals surface area contributed by atoms with Crippen LogP contribution in [0.2, 0.25) is 0 Å². The Morgan fingerprint density at radius 2 is 1.83 bits per heavy atom. The maximum atomic E-state index is 11.8. The molecule has 6 heteroatoms. The highest BCUT2D eigenvalue weighted by atomic mass is 35.5. The Hall–Kier alpha value is -0.0000000000000000555. The van der Waals surface area contributed by atoms with Crippen molar-refractivity contribution in [3.63, 3.8) is 0 Å². The fourth-order valence-electron chi connectivity index (χ4n) is 0.662. The molecule has 0 aliphatic rings. The van der Waals surface area contributed by atoms with Crippen LogP contribution < -0.4 is 5.73 Å². The maximum Gasteiger partial charge on any atom is 0.391 e. The molecule has 2 nitrogen and oxygen atoms in total. The lowest BCUT2D eigenvalue weighted by Gasteiger charge is -2.17. The average molecular weight is 208 g/mol. The summed E-state index contributed by atoms with van der Waals surface area (Å²) in [4.78, 5) is 0. The van der Waals surface area contributed by atoms with Gasteiger partial charge in [0.2, 0.25) is 0 Å². The molecule has 0 rings (SSSR count). The first kappa shape index (κ1) is 14.5. The van der Waals surface area contributed by atoms with Crippen molar-refractivity contribution in [2.24, 2.45) is 11.7 Å². The predicted molar refractivity (Wildman–Crippen MR) is 42.1 cm³/mol. The third-order valence-electron chi connectivity index (χ3n) is 1.45. The van der Waals surface area contributed by atoms with E-state index < -0.39 is 24.7 Å². The van der Waals surface area contributed by atoms with Gasteiger partial charge in [0.25, 0.3) is 0 Å². The molecule has 0 fully saturated rings. The van der Waals surface area contributed by atoms with Crippen molar-refractivity contribution in [1.82, 2.24) is 0 Å². The van der Waals surface area contributed by atoms with Gasteiger partial charge in [0.15, 0.2) is 0 Å². The highest BCUT2D eigenvalue weighted by Gasteiger charge is 2.36. The summed E-state index contributed by atoms with van der Waals surface area (Å²) in [5.41, 5.74) is 5.12. The van der Waals surface area contributed by atoms with Crippen LogP contribution in [0.5, 0.6) is 0 Å². The Kier molecular flexibility index (Phi) is 6.79. The van der Waals surface area contributed by atoms with Crippen molar-refractivity contribution >= 4 is 12.4 Å². The van der Waals surface area contributed by atoms with Crippen molar-refractivity contribution in [3.8, 4) is 0 Å². The molecule has 0 heterocycles. The fraction of sp³-hybridized carbons (Fsp3) is 1.00. The van der Waals surface area contributed by atoms with Crippen LogP contribution in [-0.2, 0) is 0 Å². The number of halogens is 4. The predicted octanol–water partition coefficient (Wildman–Crippen LogP) is 1.32. The first-order valence-corrected chi connectivity index (χ1v) is 3.31. The van der Waals surface area contributed by atoms with Gasteiger partial charge in [-0.15, -0.1) is 12.4 Å². The zero-order chi connectivity index (χ0) is 9.07. The second-order valence-electron chi connectivity index (χ2n) is 2.62. The Morgan fingerprint density at radius 3 is 2.08 bits per heavy atom. The molecular formula is C6H13ClF3NO. The lowest BCUT2D eigenvalue weighted by Crippen LogP contribution is -2.32. The zero-order valence-electron chi connectivity index (χ0n) is 6.64. The lowest BCUT2D eigenvalue weighted by atomic mass is 10.0. The molecule has 0 aliphatic carbocycles. The zero-order valence-corrected chi connectivity index (χ0v) is 7.45. The van der Waals surface area contributed by atoms with Crippen molar-refractivity contribution in [2.75, 3.05) is 6.61 Å². The third kappa shape index (κ3) is 5.62. The average Bonchev–Trinajstić information content (AvgIpc) is 1.85. The van der Waals surface area contributed by atoms with E-state index in [4.69, 9.17) is 10.8 Å². The lowest BCUT2D eigenvalue weighted by molar-refractivity contribution is -0.172. The van der Waals surface area contributed by atoms with Crippen LogP contribution in [0.4, 0.5) is 13.2 Å². The number of aliphatic hydroxyl groups excluding tert-OH is 1. The Labute approximate surface area is 75.3 Å². The molecule has 0 spiro atoms. The summed E-state index contributed by atoms with van der Waals surface area (Å²) in [6.45, 7) is 0.649. The molecule has 12 heavy (non-hydrogen) atoms. The highest BCUT2D eigenvalue weighted by Crippen LogP contribution is 2.28. The molecule has 0 aromatic carbocycles. The van der Waals surface area contributed by atoms with E-state index in [2.05, 4.69) is 0 Å². The van der Waals surface area contributed by atoms with E-state index in [0.29, 0.717) is 0 Å². The summed E-state index contributed by atoms with van der Waals surface area (Å²) in [5, 5.41) is 8.36. The molecule has 0 aromatic rings. The molecule has 0 unspecified atom stereocenters. The van der Waals surface area contributed by atoms with Gasteiger partial charge in [-0.2, -0.15) is 13.2 Å². The smallest absolute Gasteiger partial charge is 0.391 e. The van der Waals surface area contributed by atoms with Gasteiger partial charge in [0.05, 0.1) is 12.5 Å². The minimum Gasteiger partial charge on any atom is -0.395 e. The van der Waals surface area contributed by atoms with Gasteiger partial charge >= 0.3 is 6.18 Å². The quantitative estimate of drug-likeness (QED) is 0.733. The first-order valence-electron chi connectivity index (χ1n) is 3.31. The van der Waals surface area contributed by atoms with Crippen molar-refractivity contribution in [1.29, 1.82) is 0 Å². The van der Waals surface area contributed by atoms with Gasteiger partial charge < -0.3 is 10.8 Å². The SMILES string of the molecule is C[C@@H](C[C@H](N)CO)C(F)(F)F.Cl. The van der Waals surface area contributed by atoms with Gasteiger partial charge in [-0.3, -0.25) is 0 Å². The molecule has 0 radical (unpaired) electrons. The number of alkyl halides is 3. The second-order valence-corrected chi connectivity index (χ2v) is 2.62. The number of rotatable bonds is 3. The number of hydrogen-bond acceptors (Lipinski definition) is 2. The molecule has 0 aromatic heterocycles. The summed E-state index contributed by atoms with van der Waals surface area (Å²) in [7, 11) is 0. The van der Waals surface area contributed by atoms with Crippen molar-refractivity contribution in [3.05, 3.63) is 0 Å². The van der Waals surface area contributed by atoms with Crippen LogP contribution in [0.15, 0.2) is 0 Å². The van der Waals surface area contributed by atoms with E-state index in [0.717, 1.165) is 6.92 Å². The Morgan fingerprint density at radius 1 is 1.42 bits per heavy atom. The van der Waals surface area contributed by atoms with Crippen molar-refractivity contribution in [2.45, 2.75) is 25.6 Å². The van der Waals surface area contributed by atoms with Crippen LogP contribution in [0.25, 0.3) is 0 Å². The van der Waals surface area contributed by atoms with Crippen LogP contribution in [-0.4, -0.2) is 23.9 Å². The van der Waals surface area contributed by atoms with Crippen LogP contribution in [0.1, 0.15) is 13.3 Å². The normalized spacial score (nSPS) is 16.5. The topological polar surface area (TPSA) is 46.2 Å². The Bertz CT molecular complexity index is 120. The van der Waals surface area contributed by atoms with Gasteiger partial charge in [0.1, 0.15) is 0 Å². The summed E-state index contributed by atoms with van der Waals surface area (Å²) in [5.74, 6) is -1.44.